The van der Waals surface area contributed by atoms with Crippen LogP contribution in [-0.4, -0.2) is 79.4 Å². The molecule has 2 saturated heterocycles. The third kappa shape index (κ3) is 6.10. The van der Waals surface area contributed by atoms with Crippen LogP contribution in [0.5, 0.6) is 5.75 Å². The van der Waals surface area contributed by atoms with E-state index < -0.39 is 17.9 Å². The van der Waals surface area contributed by atoms with E-state index in [1.165, 1.54) is 4.88 Å². The molecule has 0 bridgehead atoms. The Morgan fingerprint density at radius 3 is 2.78 bits per heavy atom. The number of nitrogens with zero attached hydrogens (tertiary/aromatic N) is 2. The Balaban J connectivity index is 1.38. The number of halogens is 1. The number of hydrogen-bond donors (Lipinski definition) is 1. The lowest BCUT2D eigenvalue weighted by atomic mass is 9.86. The van der Waals surface area contributed by atoms with Gasteiger partial charge in [0, 0.05) is 37.0 Å². The van der Waals surface area contributed by atoms with E-state index in [0.29, 0.717) is 19.5 Å². The van der Waals surface area contributed by atoms with Crippen LogP contribution >= 0.6 is 11.3 Å². The predicted octanol–water partition coefficient (Wildman–Crippen LogP) is 4.46. The van der Waals surface area contributed by atoms with Crippen LogP contribution in [0.3, 0.4) is 0 Å². The van der Waals surface area contributed by atoms with Crippen molar-refractivity contribution in [3.63, 3.8) is 0 Å². The van der Waals surface area contributed by atoms with Crippen molar-refractivity contribution in [2.45, 2.75) is 70.1 Å². The number of ether oxygens (including phenoxy) is 2. The highest BCUT2D eigenvalue weighted by Gasteiger charge is 2.52. The summed E-state index contributed by atoms with van der Waals surface area (Å²) < 4.78 is 28.2. The van der Waals surface area contributed by atoms with Crippen molar-refractivity contribution in [1.29, 1.82) is 0 Å². The van der Waals surface area contributed by atoms with Crippen LogP contribution in [-0.2, 0) is 16.0 Å². The van der Waals surface area contributed by atoms with Gasteiger partial charge in [-0.05, 0) is 70.3 Å². The molecule has 0 aliphatic carbocycles. The van der Waals surface area contributed by atoms with Gasteiger partial charge in [0.2, 0.25) is 0 Å². The van der Waals surface area contributed by atoms with Crippen molar-refractivity contribution < 1.29 is 18.7 Å². The van der Waals surface area contributed by atoms with Crippen molar-refractivity contribution >= 4 is 17.2 Å². The number of likely N-dealkylation sites (tertiary alicyclic amines) is 1. The first-order valence-corrected chi connectivity index (χ1v) is 14.0. The highest BCUT2D eigenvalue weighted by atomic mass is 32.1. The van der Waals surface area contributed by atoms with Crippen molar-refractivity contribution in [3.05, 3.63) is 52.2 Å². The van der Waals surface area contributed by atoms with Gasteiger partial charge in [-0.1, -0.05) is 24.3 Å². The van der Waals surface area contributed by atoms with Crippen molar-refractivity contribution in [1.82, 2.24) is 15.1 Å². The lowest BCUT2D eigenvalue weighted by molar-refractivity contribution is -0.209. The Bertz CT molecular complexity index is 988. The number of benzene rings is 1. The Kier molecular flexibility index (Phi) is 9.04. The topological polar surface area (TPSA) is 54.0 Å². The molecule has 1 amide bonds. The summed E-state index contributed by atoms with van der Waals surface area (Å²) >= 11 is 1.72. The van der Waals surface area contributed by atoms with Crippen LogP contribution in [0.4, 0.5) is 4.39 Å². The van der Waals surface area contributed by atoms with Gasteiger partial charge in [0.15, 0.2) is 0 Å². The van der Waals surface area contributed by atoms with Gasteiger partial charge < -0.3 is 19.7 Å². The second kappa shape index (κ2) is 12.0. The molecular formula is C28H40FN3O3S. The Morgan fingerprint density at radius 1 is 1.28 bits per heavy atom. The van der Waals surface area contributed by atoms with E-state index in [-0.39, 0.29) is 18.1 Å². The zero-order valence-electron chi connectivity index (χ0n) is 21.9. The quantitative estimate of drug-likeness (QED) is 0.504. The standard InChI is InChI=1S/C28H40FN3O3S/c1-20(2)32-19-28(35-21(3)27(32)33)13-16-31(18-26(28)29)15-12-22-8-5-6-9-23(22)34-24(11-14-30-4)25-10-7-17-36-25/h5-10,17,20-21,24,26,30H,11-16,18-19H2,1-4H3/t21-,24-,26-,28+/m1/s1. The van der Waals surface area contributed by atoms with Gasteiger partial charge >= 0.3 is 0 Å². The molecule has 4 atom stereocenters. The number of para-hydroxylation sites is 1. The van der Waals surface area contributed by atoms with E-state index in [1.807, 2.05) is 39.1 Å². The van der Waals surface area contributed by atoms with E-state index in [9.17, 15) is 4.79 Å². The molecule has 0 unspecified atom stereocenters. The number of piperidine rings is 1. The summed E-state index contributed by atoms with van der Waals surface area (Å²) in [5.74, 6) is 0.852. The number of carbonyl (C=O) groups excluding carboxylic acids is 1. The number of nitrogens with one attached hydrogen (secondary N) is 1. The maximum Gasteiger partial charge on any atom is 0.251 e. The predicted molar refractivity (Wildman–Crippen MR) is 142 cm³/mol. The summed E-state index contributed by atoms with van der Waals surface area (Å²) in [5.41, 5.74) is 0.231. The minimum absolute atomic E-state index is 0.000667. The second-order valence-electron chi connectivity index (χ2n) is 10.3. The van der Waals surface area contributed by atoms with Gasteiger partial charge in [0.25, 0.3) is 5.91 Å². The van der Waals surface area contributed by atoms with Crippen molar-refractivity contribution in [2.75, 3.05) is 39.8 Å². The van der Waals surface area contributed by atoms with Crippen LogP contribution in [0, 0.1) is 0 Å². The molecule has 2 aromatic rings. The zero-order chi connectivity index (χ0) is 25.7. The highest BCUT2D eigenvalue weighted by molar-refractivity contribution is 7.10. The molecule has 2 aliphatic rings. The fourth-order valence-electron chi connectivity index (χ4n) is 5.25. The molecule has 36 heavy (non-hydrogen) atoms. The normalized spacial score (nSPS) is 26.1. The third-order valence-electron chi connectivity index (χ3n) is 7.40. The summed E-state index contributed by atoms with van der Waals surface area (Å²) in [6, 6.07) is 12.4. The Labute approximate surface area is 218 Å². The molecule has 2 aliphatic heterocycles. The molecule has 1 aromatic heterocycles. The van der Waals surface area contributed by atoms with Crippen LogP contribution < -0.4 is 10.1 Å². The zero-order valence-corrected chi connectivity index (χ0v) is 22.7. The second-order valence-corrected chi connectivity index (χ2v) is 11.3. The molecule has 198 valence electrons. The van der Waals surface area contributed by atoms with E-state index in [2.05, 4.69) is 33.8 Å². The van der Waals surface area contributed by atoms with E-state index in [4.69, 9.17) is 9.47 Å². The molecule has 3 heterocycles. The number of alkyl halides is 1. The molecule has 6 nitrogen and oxygen atoms in total. The van der Waals surface area contributed by atoms with Gasteiger partial charge in [-0.3, -0.25) is 9.69 Å². The number of hydrogen-bond acceptors (Lipinski definition) is 6. The first-order chi connectivity index (χ1) is 17.3. The highest BCUT2D eigenvalue weighted by Crippen LogP contribution is 2.36. The minimum Gasteiger partial charge on any atom is -0.485 e. The van der Waals surface area contributed by atoms with Crippen LogP contribution in [0.2, 0.25) is 0 Å². The maximum atomic E-state index is 15.6. The summed E-state index contributed by atoms with van der Waals surface area (Å²) in [6.07, 6.45) is 0.510. The molecule has 1 N–H and O–H groups in total. The van der Waals surface area contributed by atoms with Gasteiger partial charge in [-0.2, -0.15) is 0 Å². The number of carbonyl (C=O) groups is 1. The fourth-order valence-corrected chi connectivity index (χ4v) is 6.03. The van der Waals surface area contributed by atoms with Gasteiger partial charge in [-0.15, -0.1) is 11.3 Å². The fraction of sp³-hybridized carbons (Fsp3) is 0.607. The smallest absolute Gasteiger partial charge is 0.251 e. The van der Waals surface area contributed by atoms with E-state index in [1.54, 1.807) is 23.2 Å². The summed E-state index contributed by atoms with van der Waals surface area (Å²) in [5, 5.41) is 5.31. The Morgan fingerprint density at radius 2 is 2.08 bits per heavy atom. The van der Waals surface area contributed by atoms with Gasteiger partial charge in [0.05, 0.1) is 6.54 Å². The monoisotopic (exact) mass is 517 g/mol. The molecule has 0 saturated carbocycles. The minimum atomic E-state index is -1.14. The van der Waals surface area contributed by atoms with Crippen molar-refractivity contribution in [2.24, 2.45) is 0 Å². The van der Waals surface area contributed by atoms with E-state index >= 15 is 4.39 Å². The molecule has 1 aromatic carbocycles. The number of rotatable bonds is 10. The summed E-state index contributed by atoms with van der Waals surface area (Å²) in [7, 11) is 1.96. The van der Waals surface area contributed by atoms with Gasteiger partial charge in [-0.25, -0.2) is 4.39 Å². The molecule has 0 radical (unpaired) electrons. The molecule has 1 spiro atoms. The average Bonchev–Trinajstić information content (AvgIpc) is 3.40. The van der Waals surface area contributed by atoms with Gasteiger partial charge in [0.1, 0.15) is 29.7 Å². The average molecular weight is 518 g/mol. The first-order valence-electron chi connectivity index (χ1n) is 13.1. The SMILES string of the molecule is CNCC[C@@H](Oc1ccccc1CCN1CC[C@]2(CN(C(C)C)C(=O)[C@@H](C)O2)[C@H](F)C1)c1cccs1. The molecule has 2 fully saturated rings. The largest absolute Gasteiger partial charge is 0.485 e. The number of morpholine rings is 1. The van der Waals surface area contributed by atoms with Crippen molar-refractivity contribution in [3.8, 4) is 5.75 Å². The lowest BCUT2D eigenvalue weighted by Crippen LogP contribution is -2.67. The summed E-state index contributed by atoms with van der Waals surface area (Å²) in [4.78, 5) is 17.7. The maximum absolute atomic E-state index is 15.6. The molecule has 4 rings (SSSR count). The first kappa shape index (κ1) is 27.0. The number of amides is 1. The summed E-state index contributed by atoms with van der Waals surface area (Å²) in [6.45, 7) is 8.72. The van der Waals surface area contributed by atoms with Crippen LogP contribution in [0.25, 0.3) is 0 Å². The Hall–Kier alpha value is -2.00. The van der Waals surface area contributed by atoms with Crippen LogP contribution in [0.15, 0.2) is 41.8 Å². The lowest BCUT2D eigenvalue weighted by Gasteiger charge is -2.51. The molecule has 8 heteroatoms. The number of thiophene rings is 1. The van der Waals surface area contributed by atoms with Crippen LogP contribution in [0.1, 0.15) is 50.2 Å². The molecular weight excluding hydrogens is 477 g/mol. The third-order valence-corrected chi connectivity index (χ3v) is 8.36. The van der Waals surface area contributed by atoms with E-state index in [0.717, 1.165) is 43.8 Å².